The van der Waals surface area contributed by atoms with Crippen LogP contribution in [0.25, 0.3) is 17.0 Å². The van der Waals surface area contributed by atoms with E-state index in [1.165, 1.54) is 5.06 Å². The first-order chi connectivity index (χ1) is 11.0. The average molecular weight is 306 g/mol. The number of carbonyl (C=O) groups is 1. The first kappa shape index (κ1) is 13.5. The fourth-order valence-electron chi connectivity index (χ4n) is 2.84. The van der Waals surface area contributed by atoms with E-state index in [0.29, 0.717) is 11.6 Å². The molecule has 1 aromatic heterocycles. The van der Waals surface area contributed by atoms with Crippen LogP contribution in [0, 0.1) is 5.41 Å². The maximum atomic E-state index is 12.3. The highest BCUT2D eigenvalue weighted by Crippen LogP contribution is 2.27. The lowest BCUT2D eigenvalue weighted by molar-refractivity contribution is -0.114. The Morgan fingerprint density at radius 2 is 2.09 bits per heavy atom. The van der Waals surface area contributed by atoms with Crippen LogP contribution in [0.3, 0.4) is 0 Å². The van der Waals surface area contributed by atoms with E-state index in [0.717, 1.165) is 16.5 Å². The number of benzene rings is 1. The molecule has 0 fully saturated rings. The van der Waals surface area contributed by atoms with Gasteiger partial charge in [-0.15, -0.1) is 5.06 Å². The first-order valence-electron chi connectivity index (χ1n) is 7.18. The lowest BCUT2D eigenvalue weighted by Gasteiger charge is -2.22. The van der Waals surface area contributed by atoms with Crippen LogP contribution < -0.4 is 0 Å². The maximum Gasteiger partial charge on any atom is 0.282 e. The third kappa shape index (κ3) is 1.99. The minimum absolute atomic E-state index is 0.000958. The Bertz CT molecular complexity index is 962. The number of hydrogen-bond donors (Lipinski definition) is 1. The Labute approximate surface area is 132 Å². The van der Waals surface area contributed by atoms with E-state index in [2.05, 4.69) is 4.99 Å². The number of nitrogens with zero attached hydrogens (tertiary/aromatic N) is 3. The SMILES string of the molecule is CC1=CC2=NC(=O)/C(=C\c3cn(C)c4ccccc34)C(=N)N2O1. The minimum Gasteiger partial charge on any atom is -0.376 e. The molecule has 2 aliphatic rings. The average Bonchev–Trinajstić information content (AvgIpc) is 3.04. The molecule has 0 saturated heterocycles. The largest absolute Gasteiger partial charge is 0.376 e. The molecule has 1 aromatic carbocycles. The van der Waals surface area contributed by atoms with Gasteiger partial charge in [-0.2, -0.15) is 4.99 Å². The summed E-state index contributed by atoms with van der Waals surface area (Å²) in [6.07, 6.45) is 5.28. The second-order valence-corrected chi connectivity index (χ2v) is 5.53. The first-order valence-corrected chi connectivity index (χ1v) is 7.18. The molecule has 3 heterocycles. The molecule has 1 amide bonds. The summed E-state index contributed by atoms with van der Waals surface area (Å²) in [7, 11) is 1.95. The Hall–Kier alpha value is -3.15. The smallest absolute Gasteiger partial charge is 0.282 e. The van der Waals surface area contributed by atoms with Gasteiger partial charge in [-0.1, -0.05) is 18.2 Å². The van der Waals surface area contributed by atoms with E-state index < -0.39 is 5.91 Å². The van der Waals surface area contributed by atoms with E-state index >= 15 is 0 Å². The molecule has 114 valence electrons. The van der Waals surface area contributed by atoms with Gasteiger partial charge in [-0.05, 0) is 19.1 Å². The highest BCUT2D eigenvalue weighted by Gasteiger charge is 2.34. The summed E-state index contributed by atoms with van der Waals surface area (Å²) in [5.41, 5.74) is 2.15. The van der Waals surface area contributed by atoms with Crippen LogP contribution in [0.1, 0.15) is 12.5 Å². The number of aliphatic imine (C=N–C) groups is 1. The van der Waals surface area contributed by atoms with Crippen molar-refractivity contribution < 1.29 is 9.63 Å². The van der Waals surface area contributed by atoms with Gasteiger partial charge in [-0.3, -0.25) is 10.2 Å². The van der Waals surface area contributed by atoms with Crippen LogP contribution in [0.15, 0.2) is 52.9 Å². The summed E-state index contributed by atoms with van der Waals surface area (Å²) < 4.78 is 1.99. The van der Waals surface area contributed by atoms with Gasteiger partial charge < -0.3 is 9.40 Å². The summed E-state index contributed by atoms with van der Waals surface area (Å²) in [5.74, 6) is 0.532. The van der Waals surface area contributed by atoms with Crippen molar-refractivity contribution in [2.45, 2.75) is 6.92 Å². The number of hydrogen-bond acceptors (Lipinski definition) is 3. The van der Waals surface area contributed by atoms with Crippen LogP contribution in [-0.2, 0) is 16.7 Å². The van der Waals surface area contributed by atoms with Crippen LogP contribution in [-0.4, -0.2) is 27.2 Å². The molecule has 0 unspecified atom stereocenters. The van der Waals surface area contributed by atoms with E-state index in [4.69, 9.17) is 10.2 Å². The van der Waals surface area contributed by atoms with Gasteiger partial charge in [0.15, 0.2) is 11.7 Å². The number of carbonyl (C=O) groups excluding carboxylic acids is 1. The van der Waals surface area contributed by atoms with Gasteiger partial charge in [0.05, 0.1) is 5.57 Å². The van der Waals surface area contributed by atoms with E-state index in [-0.39, 0.29) is 11.4 Å². The van der Waals surface area contributed by atoms with Crippen molar-refractivity contribution in [3.05, 3.63) is 53.4 Å². The summed E-state index contributed by atoms with van der Waals surface area (Å²) in [4.78, 5) is 21.7. The van der Waals surface area contributed by atoms with Gasteiger partial charge in [0.1, 0.15) is 5.76 Å². The van der Waals surface area contributed by atoms with Crippen LogP contribution >= 0.6 is 0 Å². The maximum absolute atomic E-state index is 12.3. The zero-order chi connectivity index (χ0) is 16.1. The van der Waals surface area contributed by atoms with E-state index in [1.807, 2.05) is 42.1 Å². The normalized spacial score (nSPS) is 19.0. The Morgan fingerprint density at radius 3 is 2.91 bits per heavy atom. The molecule has 2 aromatic rings. The Kier molecular flexibility index (Phi) is 2.74. The highest BCUT2D eigenvalue weighted by atomic mass is 16.7. The minimum atomic E-state index is -0.427. The van der Waals surface area contributed by atoms with Gasteiger partial charge in [0, 0.05) is 35.8 Å². The zero-order valence-electron chi connectivity index (χ0n) is 12.7. The number of aromatic nitrogens is 1. The number of amidine groups is 2. The number of aryl methyl sites for hydroxylation is 1. The standard InChI is InChI=1S/C17H14N4O2/c1-10-7-15-19-17(22)13(16(18)21(15)23-10)8-11-9-20(2)14-6-4-3-5-12(11)14/h3-9,18H,1-2H3/b13-8-,18-16?. The number of rotatable bonds is 1. The summed E-state index contributed by atoms with van der Waals surface area (Å²) in [5, 5.41) is 10.5. The molecule has 6 nitrogen and oxygen atoms in total. The Morgan fingerprint density at radius 1 is 1.30 bits per heavy atom. The van der Waals surface area contributed by atoms with Crippen molar-refractivity contribution in [2.75, 3.05) is 0 Å². The van der Waals surface area contributed by atoms with Gasteiger partial charge in [0.2, 0.25) is 0 Å². The molecular weight excluding hydrogens is 292 g/mol. The Balaban J connectivity index is 1.83. The highest BCUT2D eigenvalue weighted by molar-refractivity contribution is 6.32. The van der Waals surface area contributed by atoms with Crippen molar-refractivity contribution >= 4 is 34.6 Å². The number of fused-ring (bicyclic) bond motifs is 2. The third-order valence-electron chi connectivity index (χ3n) is 3.91. The third-order valence-corrected chi connectivity index (χ3v) is 3.91. The molecule has 0 aliphatic carbocycles. The molecule has 0 radical (unpaired) electrons. The van der Waals surface area contributed by atoms with Gasteiger partial charge >= 0.3 is 0 Å². The lowest BCUT2D eigenvalue weighted by atomic mass is 10.1. The molecular formula is C17H14N4O2. The predicted molar refractivity (Wildman–Crippen MR) is 87.7 cm³/mol. The molecule has 1 N–H and O–H groups in total. The fraction of sp³-hybridized carbons (Fsp3) is 0.118. The number of allylic oxidation sites excluding steroid dienone is 1. The van der Waals surface area contributed by atoms with Crippen molar-refractivity contribution in [1.29, 1.82) is 5.41 Å². The molecule has 0 bridgehead atoms. The van der Waals surface area contributed by atoms with Crippen molar-refractivity contribution in [1.82, 2.24) is 9.63 Å². The monoisotopic (exact) mass is 306 g/mol. The molecule has 0 saturated carbocycles. The number of para-hydroxylation sites is 1. The summed E-state index contributed by atoms with van der Waals surface area (Å²) in [6.45, 7) is 1.76. The number of nitrogens with one attached hydrogen (secondary N) is 1. The molecule has 23 heavy (non-hydrogen) atoms. The number of amides is 1. The molecule has 4 rings (SSSR count). The predicted octanol–water partition coefficient (Wildman–Crippen LogP) is 2.63. The topological polar surface area (TPSA) is 70.7 Å². The van der Waals surface area contributed by atoms with Crippen molar-refractivity contribution in [3.63, 3.8) is 0 Å². The zero-order valence-corrected chi connectivity index (χ0v) is 12.7. The second kappa shape index (κ2) is 4.67. The van der Waals surface area contributed by atoms with Crippen LogP contribution in [0.5, 0.6) is 0 Å². The lowest BCUT2D eigenvalue weighted by Crippen LogP contribution is -2.38. The van der Waals surface area contributed by atoms with E-state index in [9.17, 15) is 4.79 Å². The van der Waals surface area contributed by atoms with Gasteiger partial charge in [0.25, 0.3) is 5.91 Å². The van der Waals surface area contributed by atoms with E-state index in [1.54, 1.807) is 19.1 Å². The van der Waals surface area contributed by atoms with Gasteiger partial charge in [-0.25, -0.2) is 0 Å². The fourth-order valence-corrected chi connectivity index (χ4v) is 2.84. The second-order valence-electron chi connectivity index (χ2n) is 5.53. The van der Waals surface area contributed by atoms with Crippen molar-refractivity contribution in [3.8, 4) is 0 Å². The molecule has 6 heteroatoms. The van der Waals surface area contributed by atoms with Crippen molar-refractivity contribution in [2.24, 2.45) is 12.0 Å². The van der Waals surface area contributed by atoms with Crippen LogP contribution in [0.4, 0.5) is 0 Å². The summed E-state index contributed by atoms with van der Waals surface area (Å²) in [6, 6.07) is 7.92. The molecule has 0 atom stereocenters. The summed E-state index contributed by atoms with van der Waals surface area (Å²) >= 11 is 0. The number of hydroxylamine groups is 2. The van der Waals surface area contributed by atoms with Crippen LogP contribution in [0.2, 0.25) is 0 Å². The quantitative estimate of drug-likeness (QED) is 0.823. The molecule has 2 aliphatic heterocycles. The molecule has 0 spiro atoms.